The summed E-state index contributed by atoms with van der Waals surface area (Å²) in [6, 6.07) is 2.72. The molecule has 0 spiro atoms. The number of hydrogen-bond donors (Lipinski definition) is 0. The van der Waals surface area contributed by atoms with Crippen LogP contribution in [0.4, 0.5) is 8.78 Å². The van der Waals surface area contributed by atoms with Gasteiger partial charge in [-0.1, -0.05) is 6.92 Å². The summed E-state index contributed by atoms with van der Waals surface area (Å²) >= 11 is 0. The fourth-order valence-electron chi connectivity index (χ4n) is 1.76. The fraction of sp³-hybridized carbons (Fsp3) is 0.364. The van der Waals surface area contributed by atoms with Gasteiger partial charge >= 0.3 is 0 Å². The van der Waals surface area contributed by atoms with E-state index in [-0.39, 0.29) is 5.52 Å². The number of aromatic nitrogens is 2. The molecule has 0 atom stereocenters. The molecule has 1 heterocycles. The molecule has 0 saturated carbocycles. The Bertz CT molecular complexity index is 503. The highest BCUT2D eigenvalue weighted by molar-refractivity contribution is 5.76. The number of halogens is 2. The van der Waals surface area contributed by atoms with Crippen LogP contribution in [0, 0.1) is 18.6 Å². The highest BCUT2D eigenvalue weighted by atomic mass is 19.2. The molecule has 0 amide bonds. The van der Waals surface area contributed by atoms with Gasteiger partial charge in [0.1, 0.15) is 11.3 Å². The van der Waals surface area contributed by atoms with Gasteiger partial charge in [0.05, 0.1) is 5.52 Å². The van der Waals surface area contributed by atoms with E-state index < -0.39 is 11.6 Å². The molecule has 1 aromatic heterocycles. The molecule has 2 aromatic rings. The van der Waals surface area contributed by atoms with Crippen molar-refractivity contribution >= 4 is 11.0 Å². The van der Waals surface area contributed by atoms with Crippen LogP contribution in [0.1, 0.15) is 19.2 Å². The van der Waals surface area contributed by atoms with Gasteiger partial charge in [0.25, 0.3) is 0 Å². The number of aryl methyl sites for hydroxylation is 2. The molecule has 80 valence electrons. The molecule has 0 N–H and O–H groups in total. The third-order valence-electron chi connectivity index (χ3n) is 2.45. The van der Waals surface area contributed by atoms with Crippen molar-refractivity contribution in [2.75, 3.05) is 0 Å². The Morgan fingerprint density at radius 1 is 1.33 bits per heavy atom. The third-order valence-corrected chi connectivity index (χ3v) is 2.45. The van der Waals surface area contributed by atoms with E-state index in [9.17, 15) is 8.78 Å². The van der Waals surface area contributed by atoms with Crippen molar-refractivity contribution in [1.82, 2.24) is 9.55 Å². The van der Waals surface area contributed by atoms with E-state index in [1.54, 1.807) is 13.0 Å². The number of imidazole rings is 1. The van der Waals surface area contributed by atoms with Gasteiger partial charge < -0.3 is 4.57 Å². The van der Waals surface area contributed by atoms with E-state index in [0.29, 0.717) is 5.52 Å². The van der Waals surface area contributed by atoms with E-state index in [2.05, 4.69) is 4.98 Å². The van der Waals surface area contributed by atoms with Crippen LogP contribution in [0.25, 0.3) is 11.0 Å². The number of nitrogens with zero attached hydrogens (tertiary/aromatic N) is 2. The van der Waals surface area contributed by atoms with Gasteiger partial charge in [0.15, 0.2) is 11.6 Å². The van der Waals surface area contributed by atoms with Crippen molar-refractivity contribution in [3.8, 4) is 0 Å². The second-order valence-corrected chi connectivity index (χ2v) is 3.54. The third kappa shape index (κ3) is 1.50. The SMILES string of the molecule is CCCn1c(C)nc2c(F)c(F)ccc21. The summed E-state index contributed by atoms with van der Waals surface area (Å²) in [5.74, 6) is -0.981. The van der Waals surface area contributed by atoms with Crippen molar-refractivity contribution < 1.29 is 8.78 Å². The quantitative estimate of drug-likeness (QED) is 0.745. The first-order valence-electron chi connectivity index (χ1n) is 4.96. The molecule has 0 aliphatic heterocycles. The Kier molecular flexibility index (Phi) is 2.42. The Morgan fingerprint density at radius 3 is 2.73 bits per heavy atom. The fourth-order valence-corrected chi connectivity index (χ4v) is 1.76. The summed E-state index contributed by atoms with van der Waals surface area (Å²) in [5, 5.41) is 0. The van der Waals surface area contributed by atoms with Gasteiger partial charge in [0.2, 0.25) is 0 Å². The highest BCUT2D eigenvalue weighted by Gasteiger charge is 2.13. The summed E-state index contributed by atoms with van der Waals surface area (Å²) < 4.78 is 28.2. The first-order valence-corrected chi connectivity index (χ1v) is 4.96. The maximum Gasteiger partial charge on any atom is 0.186 e. The Hall–Kier alpha value is -1.45. The number of hydrogen-bond acceptors (Lipinski definition) is 1. The zero-order valence-electron chi connectivity index (χ0n) is 8.72. The van der Waals surface area contributed by atoms with Gasteiger partial charge in [-0.3, -0.25) is 0 Å². The maximum absolute atomic E-state index is 13.4. The first kappa shape index (κ1) is 10.1. The zero-order valence-corrected chi connectivity index (χ0v) is 8.72. The predicted molar refractivity (Wildman–Crippen MR) is 54.7 cm³/mol. The molecule has 2 rings (SSSR count). The Balaban J connectivity index is 2.73. The number of benzene rings is 1. The summed E-state index contributed by atoms with van der Waals surface area (Å²) in [7, 11) is 0. The Labute approximate surface area is 86.5 Å². The molecule has 0 saturated heterocycles. The first-order chi connectivity index (χ1) is 7.15. The van der Waals surface area contributed by atoms with Gasteiger partial charge in [0, 0.05) is 6.54 Å². The summed E-state index contributed by atoms with van der Waals surface area (Å²) in [5.41, 5.74) is 0.786. The molecule has 0 aliphatic rings. The lowest BCUT2D eigenvalue weighted by Crippen LogP contribution is -1.99. The smallest absolute Gasteiger partial charge is 0.186 e. The normalized spacial score (nSPS) is 11.2. The molecule has 2 nitrogen and oxygen atoms in total. The van der Waals surface area contributed by atoms with Crippen LogP contribution < -0.4 is 0 Å². The topological polar surface area (TPSA) is 17.8 Å². The highest BCUT2D eigenvalue weighted by Crippen LogP contribution is 2.21. The lowest BCUT2D eigenvalue weighted by atomic mass is 10.3. The number of rotatable bonds is 2. The predicted octanol–water partition coefficient (Wildman–Crippen LogP) is 3.03. The average molecular weight is 210 g/mol. The van der Waals surface area contributed by atoms with Crippen LogP contribution >= 0.6 is 0 Å². The van der Waals surface area contributed by atoms with E-state index in [0.717, 1.165) is 24.9 Å². The van der Waals surface area contributed by atoms with Crippen LogP contribution in [0.5, 0.6) is 0 Å². The summed E-state index contributed by atoms with van der Waals surface area (Å²) in [4.78, 5) is 4.04. The largest absolute Gasteiger partial charge is 0.328 e. The second-order valence-electron chi connectivity index (χ2n) is 3.54. The monoisotopic (exact) mass is 210 g/mol. The zero-order chi connectivity index (χ0) is 11.0. The van der Waals surface area contributed by atoms with Crippen molar-refractivity contribution in [3.05, 3.63) is 29.6 Å². The van der Waals surface area contributed by atoms with E-state index in [4.69, 9.17) is 0 Å². The molecule has 15 heavy (non-hydrogen) atoms. The van der Waals surface area contributed by atoms with Crippen molar-refractivity contribution in [1.29, 1.82) is 0 Å². The Morgan fingerprint density at radius 2 is 2.07 bits per heavy atom. The summed E-state index contributed by atoms with van der Waals surface area (Å²) in [6.45, 7) is 4.60. The van der Waals surface area contributed by atoms with Crippen molar-refractivity contribution in [3.63, 3.8) is 0 Å². The lowest BCUT2D eigenvalue weighted by Gasteiger charge is -2.03. The summed E-state index contributed by atoms with van der Waals surface area (Å²) in [6.07, 6.45) is 0.936. The minimum atomic E-state index is -0.856. The van der Waals surface area contributed by atoms with Gasteiger partial charge in [-0.05, 0) is 25.5 Å². The van der Waals surface area contributed by atoms with Gasteiger partial charge in [-0.15, -0.1) is 0 Å². The molecule has 1 aromatic carbocycles. The minimum absolute atomic E-state index is 0.126. The van der Waals surface area contributed by atoms with E-state index >= 15 is 0 Å². The van der Waals surface area contributed by atoms with E-state index in [1.165, 1.54) is 0 Å². The second kappa shape index (κ2) is 3.61. The maximum atomic E-state index is 13.4. The standard InChI is InChI=1S/C11H12F2N2/c1-3-6-15-7(2)14-11-9(15)5-4-8(12)10(11)13/h4-5H,3,6H2,1-2H3. The van der Waals surface area contributed by atoms with Gasteiger partial charge in [-0.2, -0.15) is 0 Å². The van der Waals surface area contributed by atoms with Crippen LogP contribution in [0.2, 0.25) is 0 Å². The molecule has 0 aliphatic carbocycles. The minimum Gasteiger partial charge on any atom is -0.328 e. The van der Waals surface area contributed by atoms with Crippen LogP contribution in [-0.4, -0.2) is 9.55 Å². The van der Waals surface area contributed by atoms with Crippen molar-refractivity contribution in [2.45, 2.75) is 26.8 Å². The molecule has 0 bridgehead atoms. The lowest BCUT2D eigenvalue weighted by molar-refractivity contribution is 0.515. The van der Waals surface area contributed by atoms with Crippen LogP contribution in [0.3, 0.4) is 0 Å². The average Bonchev–Trinajstić information content (AvgIpc) is 2.52. The van der Waals surface area contributed by atoms with E-state index in [1.807, 2.05) is 11.5 Å². The van der Waals surface area contributed by atoms with Crippen LogP contribution in [0.15, 0.2) is 12.1 Å². The molecule has 0 fully saturated rings. The number of fused-ring (bicyclic) bond motifs is 1. The molecule has 0 radical (unpaired) electrons. The van der Waals surface area contributed by atoms with Crippen molar-refractivity contribution in [2.24, 2.45) is 0 Å². The molecular weight excluding hydrogens is 198 g/mol. The van der Waals surface area contributed by atoms with Gasteiger partial charge in [-0.25, -0.2) is 13.8 Å². The molecular formula is C11H12F2N2. The van der Waals surface area contributed by atoms with Crippen LogP contribution in [-0.2, 0) is 6.54 Å². The molecule has 4 heteroatoms. The molecule has 0 unspecified atom stereocenters.